The summed E-state index contributed by atoms with van der Waals surface area (Å²) in [5, 5.41) is 4.35. The van der Waals surface area contributed by atoms with Crippen molar-refractivity contribution in [1.29, 1.82) is 0 Å². The number of pyridine rings is 1. The van der Waals surface area contributed by atoms with E-state index in [-0.39, 0.29) is 5.56 Å². The molecule has 2 aliphatic heterocycles. The molecule has 4 rings (SSSR count). The molecule has 2 aliphatic rings. The smallest absolute Gasteiger partial charge is 0.252 e. The molecule has 3 heterocycles. The number of hydrogen-bond acceptors (Lipinski definition) is 5. The highest BCUT2D eigenvalue weighted by atomic mass is 16.6. The molecule has 0 atom stereocenters. The van der Waals surface area contributed by atoms with E-state index >= 15 is 0 Å². The van der Waals surface area contributed by atoms with Gasteiger partial charge >= 0.3 is 0 Å². The van der Waals surface area contributed by atoms with Gasteiger partial charge < -0.3 is 24.7 Å². The number of nitrogens with zero attached hydrogens (tertiary/aromatic N) is 1. The lowest BCUT2D eigenvalue weighted by Gasteiger charge is -2.19. The average molecular weight is 329 g/mol. The quantitative estimate of drug-likeness (QED) is 0.814. The van der Waals surface area contributed by atoms with E-state index in [1.165, 1.54) is 25.9 Å². The molecular weight excluding hydrogens is 306 g/mol. The van der Waals surface area contributed by atoms with Crippen LogP contribution in [-0.2, 0) is 6.54 Å². The minimum atomic E-state index is -0.0483. The SMILES string of the molecule is O=c1[nH]c2cc3c(cc2cc1CNCCN1CCCC1)OCCO3. The summed E-state index contributed by atoms with van der Waals surface area (Å²) in [6.07, 6.45) is 2.61. The lowest BCUT2D eigenvalue weighted by molar-refractivity contribution is 0.172. The summed E-state index contributed by atoms with van der Waals surface area (Å²) in [4.78, 5) is 17.7. The number of likely N-dealkylation sites (tertiary alicyclic amines) is 1. The largest absolute Gasteiger partial charge is 0.486 e. The highest BCUT2D eigenvalue weighted by Crippen LogP contribution is 2.33. The Morgan fingerprint density at radius 3 is 2.62 bits per heavy atom. The van der Waals surface area contributed by atoms with Gasteiger partial charge in [0.1, 0.15) is 13.2 Å². The van der Waals surface area contributed by atoms with Crippen LogP contribution in [0.3, 0.4) is 0 Å². The summed E-state index contributed by atoms with van der Waals surface area (Å²) < 4.78 is 11.2. The van der Waals surface area contributed by atoms with Crippen molar-refractivity contribution in [2.45, 2.75) is 19.4 Å². The molecule has 0 spiro atoms. The summed E-state index contributed by atoms with van der Waals surface area (Å²) in [5.74, 6) is 1.44. The second-order valence-corrected chi connectivity index (χ2v) is 6.43. The van der Waals surface area contributed by atoms with Crippen molar-refractivity contribution in [2.75, 3.05) is 39.4 Å². The number of fused-ring (bicyclic) bond motifs is 2. The minimum absolute atomic E-state index is 0.0483. The Bertz CT molecular complexity index is 781. The first-order valence-corrected chi connectivity index (χ1v) is 8.68. The third kappa shape index (κ3) is 3.25. The molecule has 0 radical (unpaired) electrons. The molecule has 0 aliphatic carbocycles. The van der Waals surface area contributed by atoms with Gasteiger partial charge in [0.25, 0.3) is 5.56 Å². The molecule has 0 amide bonds. The van der Waals surface area contributed by atoms with E-state index in [1.807, 2.05) is 18.2 Å². The Kier molecular flexibility index (Phi) is 4.40. The van der Waals surface area contributed by atoms with Crippen LogP contribution < -0.4 is 20.3 Å². The van der Waals surface area contributed by atoms with Crippen LogP contribution in [0.4, 0.5) is 0 Å². The zero-order valence-corrected chi connectivity index (χ0v) is 13.8. The topological polar surface area (TPSA) is 66.6 Å². The van der Waals surface area contributed by atoms with Crippen molar-refractivity contribution in [3.63, 3.8) is 0 Å². The number of benzene rings is 1. The van der Waals surface area contributed by atoms with Gasteiger partial charge in [-0.3, -0.25) is 4.79 Å². The number of aromatic amines is 1. The molecule has 128 valence electrons. The predicted octanol–water partition coefficient (Wildman–Crippen LogP) is 1.48. The van der Waals surface area contributed by atoms with Gasteiger partial charge in [0, 0.05) is 36.7 Å². The van der Waals surface area contributed by atoms with E-state index in [0.29, 0.717) is 25.5 Å². The van der Waals surface area contributed by atoms with Crippen molar-refractivity contribution < 1.29 is 9.47 Å². The van der Waals surface area contributed by atoms with Gasteiger partial charge in [-0.2, -0.15) is 0 Å². The number of nitrogens with one attached hydrogen (secondary N) is 2. The Hall–Kier alpha value is -2.05. The fourth-order valence-corrected chi connectivity index (χ4v) is 3.39. The van der Waals surface area contributed by atoms with Crippen LogP contribution in [0.25, 0.3) is 10.9 Å². The summed E-state index contributed by atoms with van der Waals surface area (Å²) in [5.41, 5.74) is 1.48. The van der Waals surface area contributed by atoms with Gasteiger partial charge in [-0.25, -0.2) is 0 Å². The second-order valence-electron chi connectivity index (χ2n) is 6.43. The van der Waals surface area contributed by atoms with Gasteiger partial charge in [0.15, 0.2) is 11.5 Å². The number of aromatic nitrogens is 1. The van der Waals surface area contributed by atoms with Crippen molar-refractivity contribution >= 4 is 10.9 Å². The van der Waals surface area contributed by atoms with Crippen molar-refractivity contribution in [2.24, 2.45) is 0 Å². The molecule has 1 fully saturated rings. The van der Waals surface area contributed by atoms with Crippen LogP contribution in [0, 0.1) is 0 Å². The Balaban J connectivity index is 1.46. The second kappa shape index (κ2) is 6.83. The molecular formula is C18H23N3O3. The highest BCUT2D eigenvalue weighted by molar-refractivity contribution is 5.83. The normalized spacial score (nSPS) is 17.5. The molecule has 2 aromatic rings. The number of H-pyrrole nitrogens is 1. The van der Waals surface area contributed by atoms with E-state index < -0.39 is 0 Å². The van der Waals surface area contributed by atoms with Gasteiger partial charge in [0.05, 0.1) is 5.52 Å². The van der Waals surface area contributed by atoms with Gasteiger partial charge in [-0.1, -0.05) is 0 Å². The minimum Gasteiger partial charge on any atom is -0.486 e. The van der Waals surface area contributed by atoms with Crippen LogP contribution in [-0.4, -0.2) is 49.3 Å². The lowest BCUT2D eigenvalue weighted by atomic mass is 10.1. The standard InChI is InChI=1S/C18H23N3O3/c22-18-14(12-19-3-6-21-4-1-2-5-21)9-13-10-16-17(11-15(13)20-18)24-8-7-23-16/h9-11,19H,1-8,12H2,(H,20,22). The maximum Gasteiger partial charge on any atom is 0.252 e. The zero-order valence-electron chi connectivity index (χ0n) is 13.8. The zero-order chi connectivity index (χ0) is 16.4. The number of ether oxygens (including phenoxy) is 2. The van der Waals surface area contributed by atoms with Crippen LogP contribution >= 0.6 is 0 Å². The maximum absolute atomic E-state index is 12.3. The fraction of sp³-hybridized carbons (Fsp3) is 0.500. The average Bonchev–Trinajstić information content (AvgIpc) is 3.11. The van der Waals surface area contributed by atoms with E-state index in [1.54, 1.807) is 0 Å². The molecule has 1 saturated heterocycles. The molecule has 0 unspecified atom stereocenters. The van der Waals surface area contributed by atoms with Gasteiger partial charge in [-0.05, 0) is 38.1 Å². The maximum atomic E-state index is 12.3. The van der Waals surface area contributed by atoms with Crippen molar-refractivity contribution in [3.05, 3.63) is 34.1 Å². The first-order chi connectivity index (χ1) is 11.8. The fourth-order valence-electron chi connectivity index (χ4n) is 3.39. The van der Waals surface area contributed by atoms with Crippen molar-refractivity contribution in [1.82, 2.24) is 15.2 Å². The van der Waals surface area contributed by atoms with E-state index in [2.05, 4.69) is 15.2 Å². The molecule has 0 bridgehead atoms. The lowest BCUT2D eigenvalue weighted by Crippen LogP contribution is -2.31. The number of hydrogen-bond donors (Lipinski definition) is 2. The molecule has 1 aromatic carbocycles. The van der Waals surface area contributed by atoms with Gasteiger partial charge in [-0.15, -0.1) is 0 Å². The summed E-state index contributed by atoms with van der Waals surface area (Å²) in [7, 11) is 0. The first kappa shape index (κ1) is 15.5. The van der Waals surface area contributed by atoms with Crippen LogP contribution in [0.1, 0.15) is 18.4 Å². The number of rotatable bonds is 5. The molecule has 2 N–H and O–H groups in total. The van der Waals surface area contributed by atoms with E-state index in [0.717, 1.165) is 35.3 Å². The first-order valence-electron chi connectivity index (χ1n) is 8.68. The Morgan fingerprint density at radius 2 is 1.83 bits per heavy atom. The Morgan fingerprint density at radius 1 is 1.08 bits per heavy atom. The summed E-state index contributed by atoms with van der Waals surface area (Å²) in [6, 6.07) is 5.72. The Labute approximate surface area is 140 Å². The molecule has 24 heavy (non-hydrogen) atoms. The summed E-state index contributed by atoms with van der Waals surface area (Å²) >= 11 is 0. The van der Waals surface area contributed by atoms with Crippen LogP contribution in [0.2, 0.25) is 0 Å². The van der Waals surface area contributed by atoms with Crippen molar-refractivity contribution in [3.8, 4) is 11.5 Å². The highest BCUT2D eigenvalue weighted by Gasteiger charge is 2.14. The third-order valence-corrected chi connectivity index (χ3v) is 4.70. The van der Waals surface area contributed by atoms with E-state index in [4.69, 9.17) is 9.47 Å². The monoisotopic (exact) mass is 329 g/mol. The van der Waals surface area contributed by atoms with Crippen LogP contribution in [0.5, 0.6) is 11.5 Å². The van der Waals surface area contributed by atoms with Gasteiger partial charge in [0.2, 0.25) is 0 Å². The molecule has 6 nitrogen and oxygen atoms in total. The third-order valence-electron chi connectivity index (χ3n) is 4.70. The van der Waals surface area contributed by atoms with Crippen LogP contribution in [0.15, 0.2) is 23.0 Å². The van der Waals surface area contributed by atoms with E-state index in [9.17, 15) is 4.79 Å². The predicted molar refractivity (Wildman–Crippen MR) is 92.9 cm³/mol. The molecule has 0 saturated carbocycles. The summed E-state index contributed by atoms with van der Waals surface area (Å²) in [6.45, 7) is 6.03. The molecule has 6 heteroatoms. The molecule has 1 aromatic heterocycles.